The molecule has 0 bridgehead atoms. The maximum atomic E-state index is 12.1. The van der Waals surface area contributed by atoms with Crippen LogP contribution in [0.1, 0.15) is 54.4 Å². The summed E-state index contributed by atoms with van der Waals surface area (Å²) >= 11 is 0. The number of carbonyl (C=O) groups excluding carboxylic acids is 2. The molecule has 0 aromatic rings. The molecular formula is C14H25NO4. The van der Waals surface area contributed by atoms with Crippen molar-refractivity contribution in [2.75, 3.05) is 6.54 Å². The minimum absolute atomic E-state index is 0.351. The smallest absolute Gasteiger partial charge is 0.411 e. The molecule has 1 aliphatic heterocycles. The first-order chi connectivity index (χ1) is 8.49. The summed E-state index contributed by atoms with van der Waals surface area (Å²) in [4.78, 5) is 25.6. The third kappa shape index (κ3) is 5.09. The van der Waals surface area contributed by atoms with Crippen LogP contribution in [0, 0.1) is 0 Å². The number of likely N-dealkylation sites (tertiary alicyclic amines) is 1. The second-order valence-corrected chi connectivity index (χ2v) is 6.87. The third-order valence-electron chi connectivity index (χ3n) is 2.56. The second-order valence-electron chi connectivity index (χ2n) is 6.87. The van der Waals surface area contributed by atoms with Crippen molar-refractivity contribution in [2.24, 2.45) is 0 Å². The molecule has 5 nitrogen and oxygen atoms in total. The lowest BCUT2D eigenvalue weighted by Crippen LogP contribution is -2.45. The van der Waals surface area contributed by atoms with Crippen molar-refractivity contribution in [1.82, 2.24) is 4.90 Å². The standard InChI is InChI=1S/C14H25NO4/c1-13(2,3)18-11(16)10-8-7-9-15(10)12(17)19-14(4,5)6/h10H,7-9H2,1-6H3/t10-/m1/s1. The van der Waals surface area contributed by atoms with Gasteiger partial charge in [-0.25, -0.2) is 9.59 Å². The van der Waals surface area contributed by atoms with Crippen LogP contribution in [0.4, 0.5) is 4.79 Å². The van der Waals surface area contributed by atoms with Crippen molar-refractivity contribution < 1.29 is 19.1 Å². The largest absolute Gasteiger partial charge is 0.458 e. The van der Waals surface area contributed by atoms with Crippen LogP contribution in [0.2, 0.25) is 0 Å². The first-order valence-electron chi connectivity index (χ1n) is 6.72. The summed E-state index contributed by atoms with van der Waals surface area (Å²) in [6.07, 6.45) is 0.984. The maximum Gasteiger partial charge on any atom is 0.411 e. The highest BCUT2D eigenvalue weighted by molar-refractivity contribution is 5.82. The number of rotatable bonds is 1. The molecule has 19 heavy (non-hydrogen) atoms. The number of hydrogen-bond acceptors (Lipinski definition) is 4. The molecule has 0 N–H and O–H groups in total. The lowest BCUT2D eigenvalue weighted by atomic mass is 10.1. The van der Waals surface area contributed by atoms with Crippen LogP contribution in [0.15, 0.2) is 0 Å². The summed E-state index contributed by atoms with van der Waals surface area (Å²) in [6.45, 7) is 11.4. The molecule has 0 aromatic carbocycles. The molecule has 5 heteroatoms. The van der Waals surface area contributed by atoms with Crippen molar-refractivity contribution in [3.05, 3.63) is 0 Å². The van der Waals surface area contributed by atoms with Gasteiger partial charge in [-0.15, -0.1) is 0 Å². The van der Waals surface area contributed by atoms with Gasteiger partial charge in [0.25, 0.3) is 0 Å². The number of ether oxygens (including phenoxy) is 2. The van der Waals surface area contributed by atoms with E-state index in [4.69, 9.17) is 9.47 Å². The van der Waals surface area contributed by atoms with Crippen molar-refractivity contribution in [3.8, 4) is 0 Å². The molecule has 0 radical (unpaired) electrons. The molecule has 1 amide bonds. The Morgan fingerprint density at radius 3 is 2.00 bits per heavy atom. The summed E-state index contributed by atoms with van der Waals surface area (Å²) in [7, 11) is 0. The predicted molar refractivity (Wildman–Crippen MR) is 71.8 cm³/mol. The van der Waals surface area contributed by atoms with Crippen LogP contribution in [-0.4, -0.2) is 40.8 Å². The van der Waals surface area contributed by atoms with Crippen LogP contribution in [0.3, 0.4) is 0 Å². The van der Waals surface area contributed by atoms with E-state index in [2.05, 4.69) is 0 Å². The van der Waals surface area contributed by atoms with Crippen molar-refractivity contribution >= 4 is 12.1 Å². The van der Waals surface area contributed by atoms with E-state index in [1.807, 2.05) is 41.5 Å². The lowest BCUT2D eigenvalue weighted by molar-refractivity contribution is -0.160. The van der Waals surface area contributed by atoms with Gasteiger partial charge in [0.05, 0.1) is 0 Å². The van der Waals surface area contributed by atoms with E-state index in [-0.39, 0.29) is 5.97 Å². The van der Waals surface area contributed by atoms with Gasteiger partial charge in [-0.3, -0.25) is 4.90 Å². The molecule has 1 rings (SSSR count). The molecule has 0 unspecified atom stereocenters. The molecule has 1 atom stereocenters. The van der Waals surface area contributed by atoms with Gasteiger partial charge >= 0.3 is 12.1 Å². The van der Waals surface area contributed by atoms with Crippen molar-refractivity contribution in [1.29, 1.82) is 0 Å². The zero-order chi connectivity index (χ0) is 14.8. The molecule has 0 spiro atoms. The Labute approximate surface area is 115 Å². The van der Waals surface area contributed by atoms with Crippen molar-refractivity contribution in [3.63, 3.8) is 0 Å². The monoisotopic (exact) mass is 271 g/mol. The summed E-state index contributed by atoms with van der Waals surface area (Å²) in [5.74, 6) is -0.351. The summed E-state index contributed by atoms with van der Waals surface area (Å²) in [5.41, 5.74) is -1.10. The maximum absolute atomic E-state index is 12.1. The number of carbonyl (C=O) groups is 2. The van der Waals surface area contributed by atoms with Crippen LogP contribution in [0.5, 0.6) is 0 Å². The number of nitrogens with zero attached hydrogens (tertiary/aromatic N) is 1. The minimum Gasteiger partial charge on any atom is -0.458 e. The van der Waals surface area contributed by atoms with Gasteiger partial charge in [0.1, 0.15) is 17.2 Å². The van der Waals surface area contributed by atoms with Crippen LogP contribution >= 0.6 is 0 Å². The van der Waals surface area contributed by atoms with Gasteiger partial charge in [0.2, 0.25) is 0 Å². The predicted octanol–water partition coefficient (Wildman–Crippen LogP) is 2.73. The molecule has 1 aliphatic rings. The molecule has 1 saturated heterocycles. The topological polar surface area (TPSA) is 55.8 Å². The Kier molecular flexibility index (Phi) is 4.48. The van der Waals surface area contributed by atoms with E-state index in [0.29, 0.717) is 13.0 Å². The number of esters is 1. The minimum atomic E-state index is -0.557. The molecular weight excluding hydrogens is 246 g/mol. The Bertz CT molecular complexity index is 317. The molecule has 1 heterocycles. The Morgan fingerprint density at radius 1 is 1.00 bits per heavy atom. The zero-order valence-electron chi connectivity index (χ0n) is 12.8. The Hall–Kier alpha value is -1.26. The lowest BCUT2D eigenvalue weighted by Gasteiger charge is -2.29. The first kappa shape index (κ1) is 15.8. The molecule has 0 aliphatic carbocycles. The fraction of sp³-hybridized carbons (Fsp3) is 0.857. The fourth-order valence-electron chi connectivity index (χ4n) is 1.92. The third-order valence-corrected chi connectivity index (χ3v) is 2.56. The number of hydrogen-bond donors (Lipinski definition) is 0. The van der Waals surface area contributed by atoms with Crippen LogP contribution in [-0.2, 0) is 14.3 Å². The normalized spacial score (nSPS) is 20.3. The van der Waals surface area contributed by atoms with Crippen LogP contribution in [0.25, 0.3) is 0 Å². The molecule has 0 aromatic heterocycles. The van der Waals surface area contributed by atoms with E-state index in [1.54, 1.807) is 0 Å². The first-order valence-corrected chi connectivity index (χ1v) is 6.72. The van der Waals surface area contributed by atoms with Crippen molar-refractivity contribution in [2.45, 2.75) is 71.6 Å². The van der Waals surface area contributed by atoms with Gasteiger partial charge in [0.15, 0.2) is 0 Å². The highest BCUT2D eigenvalue weighted by Crippen LogP contribution is 2.23. The Morgan fingerprint density at radius 2 is 1.53 bits per heavy atom. The highest BCUT2D eigenvalue weighted by Gasteiger charge is 2.38. The molecule has 0 saturated carbocycles. The van der Waals surface area contributed by atoms with E-state index in [1.165, 1.54) is 4.90 Å². The van der Waals surface area contributed by atoms with Gasteiger partial charge in [-0.2, -0.15) is 0 Å². The van der Waals surface area contributed by atoms with Gasteiger partial charge in [0, 0.05) is 6.54 Å². The highest BCUT2D eigenvalue weighted by atomic mass is 16.6. The zero-order valence-corrected chi connectivity index (χ0v) is 12.8. The summed E-state index contributed by atoms with van der Waals surface area (Å²) in [5, 5.41) is 0. The second kappa shape index (κ2) is 5.39. The van der Waals surface area contributed by atoms with E-state index < -0.39 is 23.3 Å². The average molecular weight is 271 g/mol. The quantitative estimate of drug-likeness (QED) is 0.688. The number of amides is 1. The summed E-state index contributed by atoms with van der Waals surface area (Å²) in [6, 6.07) is -0.519. The van der Waals surface area contributed by atoms with E-state index >= 15 is 0 Å². The van der Waals surface area contributed by atoms with Gasteiger partial charge in [-0.05, 0) is 54.4 Å². The van der Waals surface area contributed by atoms with E-state index in [0.717, 1.165) is 6.42 Å². The van der Waals surface area contributed by atoms with E-state index in [9.17, 15) is 9.59 Å². The SMILES string of the molecule is CC(C)(C)OC(=O)[C@H]1CCCN1C(=O)OC(C)(C)C. The Balaban J connectivity index is 2.69. The van der Waals surface area contributed by atoms with Gasteiger partial charge < -0.3 is 9.47 Å². The van der Waals surface area contributed by atoms with Crippen LogP contribution < -0.4 is 0 Å². The molecule has 1 fully saturated rings. The van der Waals surface area contributed by atoms with Gasteiger partial charge in [-0.1, -0.05) is 0 Å². The molecule has 110 valence electrons. The fourth-order valence-corrected chi connectivity index (χ4v) is 1.92. The summed E-state index contributed by atoms with van der Waals surface area (Å²) < 4.78 is 10.7. The average Bonchev–Trinajstić information content (AvgIpc) is 2.59.